The molecular weight excluding hydrogens is 254 g/mol. The molecule has 0 amide bonds. The molecular formula is C16H25NO3. The minimum absolute atomic E-state index is 0.213. The van der Waals surface area contributed by atoms with Gasteiger partial charge in [0.2, 0.25) is 0 Å². The van der Waals surface area contributed by atoms with Crippen molar-refractivity contribution in [2.45, 2.75) is 45.3 Å². The van der Waals surface area contributed by atoms with Crippen LogP contribution in [0.3, 0.4) is 0 Å². The number of rotatable bonds is 3. The minimum atomic E-state index is -0.745. The molecule has 0 spiro atoms. The molecule has 1 aliphatic rings. The maximum absolute atomic E-state index is 10.7. The van der Waals surface area contributed by atoms with Crippen molar-refractivity contribution in [2.75, 3.05) is 13.1 Å². The van der Waals surface area contributed by atoms with Gasteiger partial charge in [-0.3, -0.25) is 9.69 Å². The van der Waals surface area contributed by atoms with E-state index in [-0.39, 0.29) is 12.5 Å². The molecule has 0 aliphatic carbocycles. The summed E-state index contributed by atoms with van der Waals surface area (Å²) in [4.78, 5) is 11.7. The van der Waals surface area contributed by atoms with E-state index < -0.39 is 11.6 Å². The van der Waals surface area contributed by atoms with E-state index in [0.29, 0.717) is 0 Å². The highest BCUT2D eigenvalue weighted by Crippen LogP contribution is 2.37. The van der Waals surface area contributed by atoms with Crippen molar-refractivity contribution in [1.29, 1.82) is 0 Å². The SMILES string of the molecule is CCC(=O)O.CCN1CCC(O)(c2ccccc2)C1C. The Labute approximate surface area is 121 Å². The Kier molecular flexibility index (Phi) is 6.17. The average Bonchev–Trinajstić information content (AvgIpc) is 2.77. The van der Waals surface area contributed by atoms with Gasteiger partial charge in [0.25, 0.3) is 0 Å². The highest BCUT2D eigenvalue weighted by Gasteiger charge is 2.43. The normalized spacial score (nSPS) is 25.9. The minimum Gasteiger partial charge on any atom is -0.481 e. The van der Waals surface area contributed by atoms with Gasteiger partial charge in [0.1, 0.15) is 5.60 Å². The first kappa shape index (κ1) is 16.7. The van der Waals surface area contributed by atoms with Gasteiger partial charge in [-0.2, -0.15) is 0 Å². The summed E-state index contributed by atoms with van der Waals surface area (Å²) in [5, 5.41) is 18.4. The van der Waals surface area contributed by atoms with Crippen LogP contribution < -0.4 is 0 Å². The van der Waals surface area contributed by atoms with Crippen LogP contribution in [0.1, 0.15) is 39.2 Å². The van der Waals surface area contributed by atoms with Crippen molar-refractivity contribution in [2.24, 2.45) is 0 Å². The number of carboxylic acid groups (broad SMARTS) is 1. The first-order valence-corrected chi connectivity index (χ1v) is 7.19. The van der Waals surface area contributed by atoms with Gasteiger partial charge < -0.3 is 10.2 Å². The molecule has 20 heavy (non-hydrogen) atoms. The summed E-state index contributed by atoms with van der Waals surface area (Å²) in [6.07, 6.45) is 1.06. The van der Waals surface area contributed by atoms with E-state index in [9.17, 15) is 9.90 Å². The molecule has 1 aromatic carbocycles. The lowest BCUT2D eigenvalue weighted by Crippen LogP contribution is -2.40. The number of likely N-dealkylation sites (tertiary alicyclic amines) is 1. The second-order valence-electron chi connectivity index (χ2n) is 5.09. The van der Waals surface area contributed by atoms with Crippen LogP contribution in [0.2, 0.25) is 0 Å². The standard InChI is InChI=1S/C13H19NO.C3H6O2/c1-3-14-10-9-13(15,11(14)2)12-7-5-4-6-8-12;1-2-3(4)5/h4-8,11,15H,3,9-10H2,1-2H3;2H2,1H3,(H,4,5). The van der Waals surface area contributed by atoms with Crippen molar-refractivity contribution < 1.29 is 15.0 Å². The fourth-order valence-electron chi connectivity index (χ4n) is 2.56. The van der Waals surface area contributed by atoms with Gasteiger partial charge in [-0.05, 0) is 25.5 Å². The lowest BCUT2D eigenvalue weighted by molar-refractivity contribution is -0.136. The summed E-state index contributed by atoms with van der Waals surface area (Å²) in [5.74, 6) is -0.745. The summed E-state index contributed by atoms with van der Waals surface area (Å²) in [5.41, 5.74) is 0.394. The van der Waals surface area contributed by atoms with Gasteiger partial charge in [0, 0.05) is 19.0 Å². The highest BCUT2D eigenvalue weighted by molar-refractivity contribution is 5.66. The van der Waals surface area contributed by atoms with Crippen LogP contribution >= 0.6 is 0 Å². The van der Waals surface area contributed by atoms with E-state index in [4.69, 9.17) is 5.11 Å². The third-order valence-corrected chi connectivity index (χ3v) is 4.00. The van der Waals surface area contributed by atoms with Crippen molar-refractivity contribution >= 4 is 5.97 Å². The molecule has 1 fully saturated rings. The Morgan fingerprint density at radius 1 is 1.35 bits per heavy atom. The molecule has 1 heterocycles. The van der Waals surface area contributed by atoms with Crippen LogP contribution in [0.15, 0.2) is 30.3 Å². The van der Waals surface area contributed by atoms with Gasteiger partial charge >= 0.3 is 5.97 Å². The van der Waals surface area contributed by atoms with Gasteiger partial charge in [-0.25, -0.2) is 0 Å². The molecule has 1 aliphatic heterocycles. The zero-order valence-corrected chi connectivity index (χ0v) is 12.5. The van der Waals surface area contributed by atoms with Crippen molar-refractivity contribution in [3.8, 4) is 0 Å². The number of hydrogen-bond acceptors (Lipinski definition) is 3. The number of hydrogen-bond donors (Lipinski definition) is 2. The van der Waals surface area contributed by atoms with Crippen LogP contribution in [0.5, 0.6) is 0 Å². The zero-order chi connectivity index (χ0) is 15.2. The van der Waals surface area contributed by atoms with Gasteiger partial charge in [0.05, 0.1) is 0 Å². The number of aliphatic hydroxyl groups is 1. The van der Waals surface area contributed by atoms with E-state index in [1.165, 1.54) is 0 Å². The second kappa shape index (κ2) is 7.41. The van der Waals surface area contributed by atoms with Crippen molar-refractivity contribution in [3.63, 3.8) is 0 Å². The van der Waals surface area contributed by atoms with Crippen LogP contribution in [0, 0.1) is 0 Å². The molecule has 2 unspecified atom stereocenters. The quantitative estimate of drug-likeness (QED) is 0.892. The monoisotopic (exact) mass is 279 g/mol. The molecule has 4 heteroatoms. The van der Waals surface area contributed by atoms with Crippen LogP contribution in [0.4, 0.5) is 0 Å². The Morgan fingerprint density at radius 3 is 2.30 bits per heavy atom. The van der Waals surface area contributed by atoms with Crippen LogP contribution in [0.25, 0.3) is 0 Å². The lowest BCUT2D eigenvalue weighted by Gasteiger charge is -2.31. The Hall–Kier alpha value is -1.39. The maximum Gasteiger partial charge on any atom is 0.303 e. The molecule has 4 nitrogen and oxygen atoms in total. The first-order valence-electron chi connectivity index (χ1n) is 7.19. The predicted molar refractivity (Wildman–Crippen MR) is 79.6 cm³/mol. The Bertz CT molecular complexity index is 421. The number of nitrogens with zero attached hydrogens (tertiary/aromatic N) is 1. The van der Waals surface area contributed by atoms with E-state index in [2.05, 4.69) is 18.7 Å². The molecule has 1 aromatic rings. The molecule has 2 N–H and O–H groups in total. The smallest absolute Gasteiger partial charge is 0.303 e. The maximum atomic E-state index is 10.7. The number of carboxylic acids is 1. The topological polar surface area (TPSA) is 60.8 Å². The Morgan fingerprint density at radius 2 is 1.90 bits per heavy atom. The summed E-state index contributed by atoms with van der Waals surface area (Å²) in [6.45, 7) is 7.86. The number of benzene rings is 1. The fourth-order valence-corrected chi connectivity index (χ4v) is 2.56. The summed E-state index contributed by atoms with van der Waals surface area (Å²) in [7, 11) is 0. The van der Waals surface area contributed by atoms with E-state index in [0.717, 1.165) is 25.1 Å². The second-order valence-corrected chi connectivity index (χ2v) is 5.09. The first-order chi connectivity index (χ1) is 9.45. The summed E-state index contributed by atoms with van der Waals surface area (Å²) >= 11 is 0. The molecule has 2 atom stereocenters. The van der Waals surface area contributed by atoms with Gasteiger partial charge in [0.15, 0.2) is 0 Å². The largest absolute Gasteiger partial charge is 0.481 e. The summed E-state index contributed by atoms with van der Waals surface area (Å²) < 4.78 is 0. The highest BCUT2D eigenvalue weighted by atomic mass is 16.4. The third kappa shape index (κ3) is 3.81. The molecule has 0 saturated carbocycles. The molecule has 2 rings (SSSR count). The van der Waals surface area contributed by atoms with Crippen LogP contribution in [-0.2, 0) is 10.4 Å². The Balaban J connectivity index is 0.000000347. The lowest BCUT2D eigenvalue weighted by atomic mass is 9.87. The van der Waals surface area contributed by atoms with Gasteiger partial charge in [-0.1, -0.05) is 44.2 Å². The van der Waals surface area contributed by atoms with Gasteiger partial charge in [-0.15, -0.1) is 0 Å². The average molecular weight is 279 g/mol. The summed E-state index contributed by atoms with van der Waals surface area (Å²) in [6, 6.07) is 10.2. The van der Waals surface area contributed by atoms with Crippen molar-refractivity contribution in [3.05, 3.63) is 35.9 Å². The molecule has 0 radical (unpaired) electrons. The fraction of sp³-hybridized carbons (Fsp3) is 0.562. The van der Waals surface area contributed by atoms with Crippen LogP contribution in [-0.4, -0.2) is 40.2 Å². The number of aliphatic carboxylic acids is 1. The van der Waals surface area contributed by atoms with E-state index >= 15 is 0 Å². The third-order valence-electron chi connectivity index (χ3n) is 4.00. The van der Waals surface area contributed by atoms with E-state index in [1.807, 2.05) is 30.3 Å². The zero-order valence-electron chi connectivity index (χ0n) is 12.5. The number of carbonyl (C=O) groups is 1. The molecule has 1 saturated heterocycles. The molecule has 0 bridgehead atoms. The van der Waals surface area contributed by atoms with E-state index in [1.54, 1.807) is 6.92 Å². The molecule has 0 aromatic heterocycles. The number of likely N-dealkylation sites (N-methyl/N-ethyl adjacent to an activating group) is 1. The molecule has 112 valence electrons. The van der Waals surface area contributed by atoms with Crippen molar-refractivity contribution in [1.82, 2.24) is 4.90 Å². The predicted octanol–water partition coefficient (Wildman–Crippen LogP) is 2.47.